The summed E-state index contributed by atoms with van der Waals surface area (Å²) in [5, 5.41) is 3.01. The van der Waals surface area contributed by atoms with Gasteiger partial charge in [0.15, 0.2) is 5.78 Å². The predicted octanol–water partition coefficient (Wildman–Crippen LogP) is 5.94. The van der Waals surface area contributed by atoms with Crippen molar-refractivity contribution in [1.29, 1.82) is 0 Å². The van der Waals surface area contributed by atoms with Crippen LogP contribution in [0.3, 0.4) is 0 Å². The number of fused-ring (bicyclic) bond motifs is 1. The third kappa shape index (κ3) is 3.40. The van der Waals surface area contributed by atoms with E-state index >= 15 is 0 Å². The van der Waals surface area contributed by atoms with Crippen molar-refractivity contribution in [3.63, 3.8) is 0 Å². The SMILES string of the molecule is CNC1=C(c2cccc(F)c2)C(=O)C(c2cccc3cccc(C(F)(F)F)c23)S1. The molecule has 0 aromatic heterocycles. The first-order valence-electron chi connectivity index (χ1n) is 8.79. The summed E-state index contributed by atoms with van der Waals surface area (Å²) in [7, 11) is 1.63. The zero-order valence-electron chi connectivity index (χ0n) is 15.2. The molecule has 1 N–H and O–H groups in total. The standard InChI is InChI=1S/C22H15F4NOS/c1-27-21-18(13-7-2-8-14(23)11-13)19(28)20(29-21)15-9-3-5-12-6-4-10-16(17(12)15)22(24,25)26/h2-11,20,27H,1H3. The number of allylic oxidation sites excluding steroid dienone is 1. The number of carbonyl (C=O) groups is 1. The van der Waals surface area contributed by atoms with Gasteiger partial charge in [-0.25, -0.2) is 4.39 Å². The molecule has 0 amide bonds. The molecule has 0 radical (unpaired) electrons. The quantitative estimate of drug-likeness (QED) is 0.535. The molecule has 29 heavy (non-hydrogen) atoms. The lowest BCUT2D eigenvalue weighted by Gasteiger charge is -2.17. The number of rotatable bonds is 3. The fraction of sp³-hybridized carbons (Fsp3) is 0.136. The maximum atomic E-state index is 13.7. The molecule has 1 atom stereocenters. The molecule has 3 aromatic rings. The fourth-order valence-electron chi connectivity index (χ4n) is 3.60. The summed E-state index contributed by atoms with van der Waals surface area (Å²) < 4.78 is 54.7. The van der Waals surface area contributed by atoms with Crippen LogP contribution < -0.4 is 5.32 Å². The van der Waals surface area contributed by atoms with Gasteiger partial charge in [0.05, 0.1) is 21.4 Å². The van der Waals surface area contributed by atoms with Gasteiger partial charge in [0.1, 0.15) is 5.82 Å². The lowest BCUT2D eigenvalue weighted by Crippen LogP contribution is -2.11. The van der Waals surface area contributed by atoms with Crippen LogP contribution in [0, 0.1) is 5.82 Å². The highest BCUT2D eigenvalue weighted by Crippen LogP contribution is 2.50. The van der Waals surface area contributed by atoms with Crippen LogP contribution in [0.2, 0.25) is 0 Å². The van der Waals surface area contributed by atoms with Crippen molar-refractivity contribution in [1.82, 2.24) is 5.32 Å². The number of alkyl halides is 3. The molecule has 0 fully saturated rings. The fourth-order valence-corrected chi connectivity index (χ4v) is 4.84. The van der Waals surface area contributed by atoms with Crippen molar-refractivity contribution in [3.8, 4) is 0 Å². The first-order chi connectivity index (χ1) is 13.8. The van der Waals surface area contributed by atoms with E-state index in [0.717, 1.165) is 17.8 Å². The Kier molecular flexibility index (Phi) is 4.86. The number of benzene rings is 3. The summed E-state index contributed by atoms with van der Waals surface area (Å²) in [4.78, 5) is 13.3. The predicted molar refractivity (Wildman–Crippen MR) is 107 cm³/mol. The normalized spacial score (nSPS) is 17.3. The van der Waals surface area contributed by atoms with Crippen LogP contribution in [0.25, 0.3) is 16.3 Å². The molecule has 0 saturated heterocycles. The molecule has 1 aliphatic heterocycles. The second kappa shape index (κ2) is 7.22. The van der Waals surface area contributed by atoms with Crippen molar-refractivity contribution in [3.05, 3.63) is 88.2 Å². The summed E-state index contributed by atoms with van der Waals surface area (Å²) in [5.41, 5.74) is 0.197. The monoisotopic (exact) mass is 417 g/mol. The summed E-state index contributed by atoms with van der Waals surface area (Å²) in [6.07, 6.45) is -4.55. The molecule has 1 unspecified atom stereocenters. The van der Waals surface area contributed by atoms with Crippen LogP contribution in [-0.2, 0) is 11.0 Å². The van der Waals surface area contributed by atoms with Gasteiger partial charge in [-0.1, -0.05) is 54.2 Å². The number of halogens is 4. The molecule has 1 aliphatic rings. The lowest BCUT2D eigenvalue weighted by atomic mass is 9.92. The van der Waals surface area contributed by atoms with E-state index in [1.54, 1.807) is 37.4 Å². The molecule has 3 aromatic carbocycles. The molecule has 0 saturated carbocycles. The van der Waals surface area contributed by atoms with Gasteiger partial charge in [-0.15, -0.1) is 0 Å². The van der Waals surface area contributed by atoms with Crippen molar-refractivity contribution in [2.24, 2.45) is 0 Å². The third-order valence-corrected chi connectivity index (χ3v) is 6.16. The van der Waals surface area contributed by atoms with Gasteiger partial charge >= 0.3 is 6.18 Å². The van der Waals surface area contributed by atoms with E-state index < -0.39 is 22.8 Å². The molecule has 148 valence electrons. The first kappa shape index (κ1) is 19.5. The van der Waals surface area contributed by atoms with E-state index in [1.807, 2.05) is 0 Å². The Labute approximate surface area is 168 Å². The Morgan fingerprint density at radius 1 is 1.00 bits per heavy atom. The van der Waals surface area contributed by atoms with Crippen LogP contribution in [0.5, 0.6) is 0 Å². The average Bonchev–Trinajstić information content (AvgIpc) is 3.02. The highest BCUT2D eigenvalue weighted by molar-refractivity contribution is 8.04. The van der Waals surface area contributed by atoms with Crippen molar-refractivity contribution in [2.75, 3.05) is 7.05 Å². The molecule has 0 aliphatic carbocycles. The van der Waals surface area contributed by atoms with Gasteiger partial charge in [-0.2, -0.15) is 13.2 Å². The minimum absolute atomic E-state index is 0.0179. The van der Waals surface area contributed by atoms with Crippen molar-refractivity contribution in [2.45, 2.75) is 11.4 Å². The summed E-state index contributed by atoms with van der Waals surface area (Å²) >= 11 is 1.14. The second-order valence-electron chi connectivity index (χ2n) is 6.58. The highest BCUT2D eigenvalue weighted by Gasteiger charge is 2.39. The Balaban J connectivity index is 1.88. The van der Waals surface area contributed by atoms with E-state index in [1.165, 1.54) is 24.3 Å². The number of nitrogens with one attached hydrogen (secondary N) is 1. The van der Waals surface area contributed by atoms with Crippen molar-refractivity contribution >= 4 is 33.9 Å². The number of carbonyl (C=O) groups excluding carboxylic acids is 1. The van der Waals surface area contributed by atoms with Gasteiger partial charge in [-0.05, 0) is 40.1 Å². The molecular formula is C22H15F4NOS. The zero-order chi connectivity index (χ0) is 20.8. The van der Waals surface area contributed by atoms with E-state index in [9.17, 15) is 22.4 Å². The molecule has 0 spiro atoms. The van der Waals surface area contributed by atoms with E-state index in [-0.39, 0.29) is 16.7 Å². The smallest absolute Gasteiger partial charge is 0.382 e. The van der Waals surface area contributed by atoms with Crippen LogP contribution in [-0.4, -0.2) is 12.8 Å². The third-order valence-electron chi connectivity index (χ3n) is 4.81. The number of Topliss-reactive ketones (excluding diaryl/α,β-unsaturated/α-hetero) is 1. The Hall–Kier alpha value is -2.80. The molecule has 0 bridgehead atoms. The van der Waals surface area contributed by atoms with Crippen LogP contribution in [0.15, 0.2) is 65.7 Å². The topological polar surface area (TPSA) is 29.1 Å². The second-order valence-corrected chi connectivity index (χ2v) is 7.69. The Bertz CT molecular complexity index is 1150. The van der Waals surface area contributed by atoms with Crippen LogP contribution in [0.1, 0.15) is 21.9 Å². The molecule has 7 heteroatoms. The van der Waals surface area contributed by atoms with E-state index in [2.05, 4.69) is 5.32 Å². The van der Waals surface area contributed by atoms with Gasteiger partial charge in [0, 0.05) is 7.05 Å². The van der Waals surface area contributed by atoms with Crippen LogP contribution >= 0.6 is 11.8 Å². The van der Waals surface area contributed by atoms with Crippen LogP contribution in [0.4, 0.5) is 17.6 Å². The summed E-state index contributed by atoms with van der Waals surface area (Å²) in [5.74, 6) is -0.842. The minimum Gasteiger partial charge on any atom is -0.382 e. The molecular weight excluding hydrogens is 402 g/mol. The number of hydrogen-bond donors (Lipinski definition) is 1. The Morgan fingerprint density at radius 2 is 1.69 bits per heavy atom. The van der Waals surface area contributed by atoms with Gasteiger partial charge in [0.2, 0.25) is 0 Å². The number of thioether (sulfide) groups is 1. The maximum Gasteiger partial charge on any atom is 0.417 e. The largest absolute Gasteiger partial charge is 0.417 e. The van der Waals surface area contributed by atoms with Crippen molar-refractivity contribution < 1.29 is 22.4 Å². The zero-order valence-corrected chi connectivity index (χ0v) is 16.0. The van der Waals surface area contributed by atoms with Gasteiger partial charge < -0.3 is 5.32 Å². The lowest BCUT2D eigenvalue weighted by molar-refractivity contribution is -0.136. The average molecular weight is 417 g/mol. The minimum atomic E-state index is -4.55. The first-order valence-corrected chi connectivity index (χ1v) is 9.67. The van der Waals surface area contributed by atoms with Gasteiger partial charge in [-0.3, -0.25) is 4.79 Å². The molecule has 2 nitrogen and oxygen atoms in total. The Morgan fingerprint density at radius 3 is 2.34 bits per heavy atom. The molecule has 1 heterocycles. The number of ketones is 1. The highest BCUT2D eigenvalue weighted by atomic mass is 32.2. The maximum absolute atomic E-state index is 13.7. The van der Waals surface area contributed by atoms with E-state index in [4.69, 9.17) is 0 Å². The van der Waals surface area contributed by atoms with E-state index in [0.29, 0.717) is 21.5 Å². The number of hydrogen-bond acceptors (Lipinski definition) is 3. The van der Waals surface area contributed by atoms with Gasteiger partial charge in [0.25, 0.3) is 0 Å². The molecule has 4 rings (SSSR count). The summed E-state index contributed by atoms with van der Waals surface area (Å²) in [6, 6.07) is 14.4. The summed E-state index contributed by atoms with van der Waals surface area (Å²) in [6.45, 7) is 0.